The fourth-order valence-electron chi connectivity index (χ4n) is 4.07. The van der Waals surface area contributed by atoms with Crippen LogP contribution in [-0.2, 0) is 26.1 Å². The summed E-state index contributed by atoms with van der Waals surface area (Å²) in [7, 11) is -2.08. The summed E-state index contributed by atoms with van der Waals surface area (Å²) in [6.45, 7) is 2.90. The lowest BCUT2D eigenvalue weighted by Crippen LogP contribution is -2.37. The minimum Gasteiger partial charge on any atom is -0.497 e. The molecule has 0 heterocycles. The number of esters is 1. The zero-order valence-corrected chi connectivity index (χ0v) is 20.9. The monoisotopic (exact) mass is 523 g/mol. The molecule has 0 saturated heterocycles. The summed E-state index contributed by atoms with van der Waals surface area (Å²) in [5.74, 6) is 0.713. The lowest BCUT2D eigenvalue weighted by Gasteiger charge is -2.31. The van der Waals surface area contributed by atoms with Crippen LogP contribution in [0.5, 0.6) is 5.75 Å². The second-order valence-electron chi connectivity index (χ2n) is 8.07. The number of rotatable bonds is 9. The van der Waals surface area contributed by atoms with Gasteiger partial charge in [-0.05, 0) is 80.5 Å². The van der Waals surface area contributed by atoms with E-state index in [2.05, 4.69) is 15.9 Å². The molecule has 1 aliphatic rings. The normalized spacial score (nSPS) is 19.0. The summed E-state index contributed by atoms with van der Waals surface area (Å²) < 4.78 is 39.8. The van der Waals surface area contributed by atoms with Gasteiger partial charge in [0.2, 0.25) is 10.0 Å². The number of ether oxygens (including phenoxy) is 2. The van der Waals surface area contributed by atoms with Crippen LogP contribution < -0.4 is 4.74 Å². The van der Waals surface area contributed by atoms with Gasteiger partial charge >= 0.3 is 5.97 Å². The van der Waals surface area contributed by atoms with Gasteiger partial charge in [0.1, 0.15) is 5.75 Å². The molecule has 2 aromatic carbocycles. The maximum absolute atomic E-state index is 13.5. The molecule has 0 N–H and O–H groups in total. The molecule has 0 aromatic heterocycles. The van der Waals surface area contributed by atoms with E-state index in [0.717, 1.165) is 41.5 Å². The zero-order chi connectivity index (χ0) is 23.1. The molecule has 6 nitrogen and oxygen atoms in total. The van der Waals surface area contributed by atoms with Crippen molar-refractivity contribution in [2.75, 3.05) is 20.3 Å². The van der Waals surface area contributed by atoms with Gasteiger partial charge in [0, 0.05) is 17.6 Å². The molecule has 0 atom stereocenters. The highest BCUT2D eigenvalue weighted by Gasteiger charge is 2.32. The first-order valence-electron chi connectivity index (χ1n) is 10.9. The predicted molar refractivity (Wildman–Crippen MR) is 127 cm³/mol. The quantitative estimate of drug-likeness (QED) is 0.431. The van der Waals surface area contributed by atoms with Gasteiger partial charge in [-0.15, -0.1) is 0 Å². The molecule has 0 radical (unpaired) electrons. The summed E-state index contributed by atoms with van der Waals surface area (Å²) >= 11 is 3.37. The highest BCUT2D eigenvalue weighted by Crippen LogP contribution is 2.32. The van der Waals surface area contributed by atoms with Gasteiger partial charge in [0.25, 0.3) is 0 Å². The Hall–Kier alpha value is -1.90. The number of carbonyl (C=O) groups excluding carboxylic acids is 1. The number of nitrogens with zero attached hydrogens (tertiary/aromatic N) is 1. The van der Waals surface area contributed by atoms with Crippen LogP contribution in [-0.4, -0.2) is 39.0 Å². The fraction of sp³-hybridized carbons (Fsp3) is 0.458. The molecule has 2 aromatic rings. The maximum atomic E-state index is 13.5. The van der Waals surface area contributed by atoms with Gasteiger partial charge in [-0.2, -0.15) is 4.31 Å². The van der Waals surface area contributed by atoms with Crippen molar-refractivity contribution < 1.29 is 22.7 Å². The molecule has 1 aliphatic carbocycles. The molecular weight excluding hydrogens is 494 g/mol. The maximum Gasteiger partial charge on any atom is 0.308 e. The van der Waals surface area contributed by atoms with E-state index < -0.39 is 10.0 Å². The standard InChI is InChI=1S/C24H30BrNO5S/c1-3-31-24(27)20-8-4-18(5-9-20)16-26(17-19-6-12-22(30-2)13-7-19)32(28,29)23-14-10-21(25)11-15-23/h6-7,10-15,18,20H,3-5,8-9,16-17H2,1-2H3. The molecule has 174 valence electrons. The van der Waals surface area contributed by atoms with Crippen molar-refractivity contribution in [3.8, 4) is 5.75 Å². The van der Waals surface area contributed by atoms with E-state index in [0.29, 0.717) is 13.2 Å². The third kappa shape index (κ3) is 6.33. The smallest absolute Gasteiger partial charge is 0.308 e. The molecule has 1 saturated carbocycles. The third-order valence-corrected chi connectivity index (χ3v) is 8.25. The molecule has 8 heteroatoms. The molecular formula is C24H30BrNO5S. The van der Waals surface area contributed by atoms with E-state index in [1.54, 1.807) is 35.7 Å². The fourth-order valence-corrected chi connectivity index (χ4v) is 5.84. The van der Waals surface area contributed by atoms with Crippen LogP contribution in [0.3, 0.4) is 0 Å². The average Bonchev–Trinajstić information content (AvgIpc) is 2.80. The SMILES string of the molecule is CCOC(=O)C1CCC(CN(Cc2ccc(OC)cc2)S(=O)(=O)c2ccc(Br)cc2)CC1. The average molecular weight is 524 g/mol. The van der Waals surface area contributed by atoms with Gasteiger partial charge in [0.15, 0.2) is 0 Å². The zero-order valence-electron chi connectivity index (χ0n) is 18.5. The first-order valence-corrected chi connectivity index (χ1v) is 13.1. The third-order valence-electron chi connectivity index (χ3n) is 5.90. The minimum atomic E-state index is -3.68. The first-order chi connectivity index (χ1) is 15.3. The van der Waals surface area contributed by atoms with E-state index in [9.17, 15) is 13.2 Å². The van der Waals surface area contributed by atoms with E-state index in [4.69, 9.17) is 9.47 Å². The first kappa shape index (κ1) is 24.7. The number of carbonyl (C=O) groups is 1. The number of sulfonamides is 1. The number of hydrogen-bond acceptors (Lipinski definition) is 5. The Balaban J connectivity index is 1.77. The minimum absolute atomic E-state index is 0.0793. The Morgan fingerprint density at radius 1 is 1.03 bits per heavy atom. The van der Waals surface area contributed by atoms with Crippen LogP contribution in [0.25, 0.3) is 0 Å². The van der Waals surface area contributed by atoms with Gasteiger partial charge in [0.05, 0.1) is 24.5 Å². The lowest BCUT2D eigenvalue weighted by atomic mass is 9.82. The van der Waals surface area contributed by atoms with Crippen molar-refractivity contribution in [2.45, 2.75) is 44.0 Å². The van der Waals surface area contributed by atoms with E-state index >= 15 is 0 Å². The molecule has 0 aliphatic heterocycles. The largest absolute Gasteiger partial charge is 0.497 e. The van der Waals surface area contributed by atoms with Crippen LogP contribution in [0.15, 0.2) is 57.9 Å². The Kier molecular flexibility index (Phi) is 8.73. The molecule has 0 unspecified atom stereocenters. The van der Waals surface area contributed by atoms with Crippen molar-refractivity contribution in [3.05, 3.63) is 58.6 Å². The second kappa shape index (κ2) is 11.3. The number of methoxy groups -OCH3 is 1. The van der Waals surface area contributed by atoms with Gasteiger partial charge in [-0.25, -0.2) is 8.42 Å². The highest BCUT2D eigenvalue weighted by atomic mass is 79.9. The summed E-state index contributed by atoms with van der Waals surface area (Å²) in [6, 6.07) is 14.2. The predicted octanol–water partition coefficient (Wildman–Crippen LogP) is 5.02. The van der Waals surface area contributed by atoms with Crippen molar-refractivity contribution >= 4 is 31.9 Å². The Morgan fingerprint density at radius 2 is 1.66 bits per heavy atom. The highest BCUT2D eigenvalue weighted by molar-refractivity contribution is 9.10. The summed E-state index contributed by atoms with van der Waals surface area (Å²) in [6.07, 6.45) is 3.08. The molecule has 1 fully saturated rings. The van der Waals surface area contributed by atoms with Gasteiger partial charge in [-0.3, -0.25) is 4.79 Å². The Bertz CT molecular complexity index is 984. The van der Waals surface area contributed by atoms with Gasteiger partial charge in [-0.1, -0.05) is 28.1 Å². The Morgan fingerprint density at radius 3 is 2.22 bits per heavy atom. The second-order valence-corrected chi connectivity index (χ2v) is 10.9. The van der Waals surface area contributed by atoms with Crippen molar-refractivity contribution in [1.82, 2.24) is 4.31 Å². The molecule has 32 heavy (non-hydrogen) atoms. The molecule has 0 bridgehead atoms. The van der Waals surface area contributed by atoms with Crippen molar-refractivity contribution in [2.24, 2.45) is 11.8 Å². The van der Waals surface area contributed by atoms with E-state index in [1.807, 2.05) is 31.2 Å². The summed E-state index contributed by atoms with van der Waals surface area (Å²) in [4.78, 5) is 12.3. The topological polar surface area (TPSA) is 72.9 Å². The molecule has 0 spiro atoms. The van der Waals surface area contributed by atoms with Crippen LogP contribution in [0, 0.1) is 11.8 Å². The number of hydrogen-bond donors (Lipinski definition) is 0. The van der Waals surface area contributed by atoms with Gasteiger partial charge < -0.3 is 9.47 Å². The van der Waals surface area contributed by atoms with Crippen LogP contribution >= 0.6 is 15.9 Å². The number of benzene rings is 2. The van der Waals surface area contributed by atoms with E-state index in [-0.39, 0.29) is 29.2 Å². The summed E-state index contributed by atoms with van der Waals surface area (Å²) in [5, 5.41) is 0. The van der Waals surface area contributed by atoms with Crippen molar-refractivity contribution in [3.63, 3.8) is 0 Å². The lowest BCUT2D eigenvalue weighted by molar-refractivity contribution is -0.149. The number of halogens is 1. The van der Waals surface area contributed by atoms with Crippen LogP contribution in [0.1, 0.15) is 38.2 Å². The molecule has 0 amide bonds. The van der Waals surface area contributed by atoms with Crippen LogP contribution in [0.2, 0.25) is 0 Å². The van der Waals surface area contributed by atoms with Crippen molar-refractivity contribution in [1.29, 1.82) is 0 Å². The molecule has 3 rings (SSSR count). The summed E-state index contributed by atoms with van der Waals surface area (Å²) in [5.41, 5.74) is 0.895. The van der Waals surface area contributed by atoms with Crippen LogP contribution in [0.4, 0.5) is 0 Å². The Labute approximate surface area is 199 Å². The van der Waals surface area contributed by atoms with E-state index in [1.165, 1.54) is 0 Å².